The molecule has 1 amide bonds. The molecule has 0 bridgehead atoms. The lowest BCUT2D eigenvalue weighted by atomic mass is 9.99. The molecule has 6 nitrogen and oxygen atoms in total. The van der Waals surface area contributed by atoms with Crippen LogP contribution in [-0.4, -0.2) is 35.6 Å². The quantitative estimate of drug-likeness (QED) is 0.624. The molecular weight excluding hydrogens is 402 g/mol. The van der Waals surface area contributed by atoms with Crippen molar-refractivity contribution >= 4 is 11.6 Å². The Labute approximate surface area is 178 Å². The molecule has 0 spiro atoms. The molecule has 2 aromatic heterocycles. The number of carbonyl (C=O) groups excluding carboxylic acids is 1. The van der Waals surface area contributed by atoms with Crippen LogP contribution < -0.4 is 15.4 Å². The topological polar surface area (TPSA) is 76.1 Å². The number of hydrogen-bond donors (Lipinski definition) is 2. The summed E-state index contributed by atoms with van der Waals surface area (Å²) >= 11 is 0. The minimum atomic E-state index is -0.745. The maximum atomic E-state index is 14.1. The van der Waals surface area contributed by atoms with Gasteiger partial charge in [-0.05, 0) is 56.1 Å². The fourth-order valence-corrected chi connectivity index (χ4v) is 3.49. The van der Waals surface area contributed by atoms with Crippen LogP contribution in [0, 0.1) is 17.6 Å². The van der Waals surface area contributed by atoms with E-state index in [-0.39, 0.29) is 17.0 Å². The van der Waals surface area contributed by atoms with Gasteiger partial charge in [0.15, 0.2) is 0 Å². The number of carbonyl (C=O) groups is 1. The van der Waals surface area contributed by atoms with Crippen LogP contribution in [0.2, 0.25) is 0 Å². The van der Waals surface area contributed by atoms with Gasteiger partial charge in [0.2, 0.25) is 0 Å². The highest BCUT2D eigenvalue weighted by Crippen LogP contribution is 2.26. The summed E-state index contributed by atoms with van der Waals surface area (Å²) < 4.78 is 34.1. The minimum absolute atomic E-state index is 0.0216. The molecule has 0 atom stereocenters. The van der Waals surface area contributed by atoms with Crippen LogP contribution >= 0.6 is 0 Å². The van der Waals surface area contributed by atoms with Crippen LogP contribution in [0.25, 0.3) is 11.3 Å². The van der Waals surface area contributed by atoms with E-state index in [1.54, 1.807) is 12.3 Å². The number of nitrogens with one attached hydrogen (secondary N) is 2. The van der Waals surface area contributed by atoms with Gasteiger partial charge in [-0.25, -0.2) is 13.8 Å². The molecule has 3 heterocycles. The van der Waals surface area contributed by atoms with Gasteiger partial charge in [0, 0.05) is 12.3 Å². The largest absolute Gasteiger partial charge is 0.491 e. The molecule has 2 N–H and O–H groups in total. The third-order valence-corrected chi connectivity index (χ3v) is 5.16. The Balaban J connectivity index is 1.50. The van der Waals surface area contributed by atoms with E-state index in [0.29, 0.717) is 24.0 Å². The molecule has 4 rings (SSSR count). The Bertz CT molecular complexity index is 1050. The number of anilines is 1. The van der Waals surface area contributed by atoms with E-state index < -0.39 is 17.5 Å². The monoisotopic (exact) mass is 424 g/mol. The van der Waals surface area contributed by atoms with Crippen molar-refractivity contribution in [2.24, 2.45) is 5.92 Å². The lowest BCUT2D eigenvalue weighted by Gasteiger charge is -2.23. The first-order valence-electron chi connectivity index (χ1n) is 10.1. The van der Waals surface area contributed by atoms with Gasteiger partial charge in [-0.3, -0.25) is 9.78 Å². The second-order valence-electron chi connectivity index (χ2n) is 7.34. The Kier molecular flexibility index (Phi) is 6.47. The molecule has 0 radical (unpaired) electrons. The standard InChI is InChI=1S/C23H22F2N4O2/c24-16-3-1-4-17(25)22(16)18-5-2-6-19(28-18)23(30)29-20-13-27-12-9-21(20)31-14-15-7-10-26-11-8-15/h1-6,9,12-13,15,26H,7-8,10-11,14H2,(H,29,30). The Morgan fingerprint density at radius 2 is 1.84 bits per heavy atom. The zero-order valence-electron chi connectivity index (χ0n) is 16.8. The number of aromatic nitrogens is 2. The van der Waals surface area contributed by atoms with Gasteiger partial charge in [0.05, 0.1) is 24.1 Å². The zero-order valence-corrected chi connectivity index (χ0v) is 16.8. The van der Waals surface area contributed by atoms with E-state index in [4.69, 9.17) is 4.74 Å². The summed E-state index contributed by atoms with van der Waals surface area (Å²) in [5, 5.41) is 6.05. The van der Waals surface area contributed by atoms with Crippen molar-refractivity contribution in [3.05, 3.63) is 72.2 Å². The van der Waals surface area contributed by atoms with Gasteiger partial charge in [-0.1, -0.05) is 12.1 Å². The molecule has 0 saturated carbocycles. The average molecular weight is 424 g/mol. The number of amides is 1. The molecule has 0 aliphatic carbocycles. The van der Waals surface area contributed by atoms with Crippen LogP contribution in [0.4, 0.5) is 14.5 Å². The second kappa shape index (κ2) is 9.61. The van der Waals surface area contributed by atoms with Gasteiger partial charge in [0.1, 0.15) is 28.8 Å². The lowest BCUT2D eigenvalue weighted by molar-refractivity contribution is 0.102. The SMILES string of the molecule is O=C(Nc1cnccc1OCC1CCNCC1)c1cccc(-c2c(F)cccc2F)n1. The highest BCUT2D eigenvalue weighted by Gasteiger charge is 2.18. The summed E-state index contributed by atoms with van der Waals surface area (Å²) in [4.78, 5) is 21.0. The van der Waals surface area contributed by atoms with Crippen LogP contribution in [0.3, 0.4) is 0 Å². The van der Waals surface area contributed by atoms with Crippen molar-refractivity contribution in [2.75, 3.05) is 25.0 Å². The summed E-state index contributed by atoms with van der Waals surface area (Å²) in [6, 6.07) is 9.72. The first-order valence-corrected chi connectivity index (χ1v) is 10.1. The highest BCUT2D eigenvalue weighted by molar-refractivity contribution is 6.03. The zero-order chi connectivity index (χ0) is 21.6. The second-order valence-corrected chi connectivity index (χ2v) is 7.34. The molecule has 160 valence electrons. The van der Waals surface area contributed by atoms with Crippen molar-refractivity contribution in [1.29, 1.82) is 0 Å². The number of nitrogens with zero attached hydrogens (tertiary/aromatic N) is 2. The number of rotatable bonds is 6. The number of ether oxygens (including phenoxy) is 1. The smallest absolute Gasteiger partial charge is 0.274 e. The summed E-state index contributed by atoms with van der Waals surface area (Å²) in [5.41, 5.74) is 0.195. The summed E-state index contributed by atoms with van der Waals surface area (Å²) in [6.07, 6.45) is 5.16. The molecule has 8 heteroatoms. The van der Waals surface area contributed by atoms with Crippen molar-refractivity contribution in [3.8, 4) is 17.0 Å². The van der Waals surface area contributed by atoms with E-state index in [9.17, 15) is 13.6 Å². The molecule has 0 unspecified atom stereocenters. The van der Waals surface area contributed by atoms with E-state index >= 15 is 0 Å². The maximum Gasteiger partial charge on any atom is 0.274 e. The van der Waals surface area contributed by atoms with E-state index in [2.05, 4.69) is 20.6 Å². The number of pyridine rings is 2. The van der Waals surface area contributed by atoms with Crippen molar-refractivity contribution in [3.63, 3.8) is 0 Å². The number of hydrogen-bond acceptors (Lipinski definition) is 5. The van der Waals surface area contributed by atoms with Gasteiger partial charge in [0.25, 0.3) is 5.91 Å². The molecular formula is C23H22F2N4O2. The summed E-state index contributed by atoms with van der Waals surface area (Å²) in [6.45, 7) is 2.49. The van der Waals surface area contributed by atoms with E-state index in [1.165, 1.54) is 30.5 Å². The summed E-state index contributed by atoms with van der Waals surface area (Å²) in [7, 11) is 0. The Morgan fingerprint density at radius 1 is 1.10 bits per heavy atom. The van der Waals surface area contributed by atoms with Crippen molar-refractivity contribution in [2.45, 2.75) is 12.8 Å². The fraction of sp³-hybridized carbons (Fsp3) is 0.261. The molecule has 1 aliphatic rings. The normalized spacial score (nSPS) is 14.3. The first-order chi connectivity index (χ1) is 15.1. The minimum Gasteiger partial charge on any atom is -0.491 e. The fourth-order valence-electron chi connectivity index (χ4n) is 3.49. The predicted octanol–water partition coefficient (Wildman–Crippen LogP) is 4.05. The molecule has 31 heavy (non-hydrogen) atoms. The third-order valence-electron chi connectivity index (χ3n) is 5.16. The molecule has 3 aromatic rings. The Morgan fingerprint density at radius 3 is 2.61 bits per heavy atom. The number of halogens is 2. The van der Waals surface area contributed by atoms with Crippen LogP contribution in [0.5, 0.6) is 5.75 Å². The number of piperidine rings is 1. The first kappa shape index (κ1) is 20.9. The maximum absolute atomic E-state index is 14.1. The third kappa shape index (κ3) is 5.03. The number of benzene rings is 1. The van der Waals surface area contributed by atoms with Crippen molar-refractivity contribution < 1.29 is 18.3 Å². The Hall–Kier alpha value is -3.39. The highest BCUT2D eigenvalue weighted by atomic mass is 19.1. The van der Waals surface area contributed by atoms with Gasteiger partial charge < -0.3 is 15.4 Å². The molecule has 1 aliphatic heterocycles. The van der Waals surface area contributed by atoms with Crippen LogP contribution in [0.15, 0.2) is 54.9 Å². The van der Waals surface area contributed by atoms with Crippen LogP contribution in [-0.2, 0) is 0 Å². The van der Waals surface area contributed by atoms with E-state index in [1.807, 2.05) is 0 Å². The van der Waals surface area contributed by atoms with Gasteiger partial charge in [-0.15, -0.1) is 0 Å². The van der Waals surface area contributed by atoms with Gasteiger partial charge in [-0.2, -0.15) is 0 Å². The van der Waals surface area contributed by atoms with Crippen LogP contribution in [0.1, 0.15) is 23.3 Å². The van der Waals surface area contributed by atoms with E-state index in [0.717, 1.165) is 38.1 Å². The van der Waals surface area contributed by atoms with Crippen molar-refractivity contribution in [1.82, 2.24) is 15.3 Å². The molecule has 1 fully saturated rings. The predicted molar refractivity (Wildman–Crippen MR) is 113 cm³/mol. The summed E-state index contributed by atoms with van der Waals surface area (Å²) in [5.74, 6) is -1.06. The molecule has 1 saturated heterocycles. The lowest BCUT2D eigenvalue weighted by Crippen LogP contribution is -2.30. The van der Waals surface area contributed by atoms with Gasteiger partial charge >= 0.3 is 0 Å². The average Bonchev–Trinajstić information content (AvgIpc) is 2.79. The molecule has 1 aromatic carbocycles.